The predicted octanol–water partition coefficient (Wildman–Crippen LogP) is 1.58. The summed E-state index contributed by atoms with van der Waals surface area (Å²) in [5.74, 6) is -0.838. The predicted molar refractivity (Wildman–Crippen MR) is 74.2 cm³/mol. The highest BCUT2D eigenvalue weighted by Gasteiger charge is 2.09. The lowest BCUT2D eigenvalue weighted by Gasteiger charge is -2.11. The molecule has 0 saturated carbocycles. The number of benzene rings is 1. The molecule has 0 aliphatic carbocycles. The molecule has 1 aromatic carbocycles. The molecule has 0 fully saturated rings. The SMILES string of the molecule is O=C(O)COc1ccccc1NC(=O)Nc1cncnc1. The van der Waals surface area contributed by atoms with Crippen LogP contribution in [0.25, 0.3) is 0 Å². The van der Waals surface area contributed by atoms with Crippen molar-refractivity contribution in [1.82, 2.24) is 9.97 Å². The third kappa shape index (κ3) is 4.46. The van der Waals surface area contributed by atoms with E-state index in [1.807, 2.05) is 0 Å². The van der Waals surface area contributed by atoms with E-state index in [0.29, 0.717) is 11.4 Å². The van der Waals surface area contributed by atoms with Crippen molar-refractivity contribution < 1.29 is 19.4 Å². The van der Waals surface area contributed by atoms with Gasteiger partial charge < -0.3 is 20.5 Å². The molecule has 0 atom stereocenters. The maximum atomic E-state index is 11.8. The zero-order valence-corrected chi connectivity index (χ0v) is 10.8. The fourth-order valence-electron chi connectivity index (χ4n) is 1.48. The Morgan fingerprint density at radius 3 is 2.57 bits per heavy atom. The molecular formula is C13H12N4O4. The van der Waals surface area contributed by atoms with Crippen LogP contribution in [-0.2, 0) is 4.79 Å². The lowest BCUT2D eigenvalue weighted by atomic mass is 10.3. The van der Waals surface area contributed by atoms with Gasteiger partial charge in [0.15, 0.2) is 6.61 Å². The van der Waals surface area contributed by atoms with Crippen LogP contribution in [0, 0.1) is 0 Å². The van der Waals surface area contributed by atoms with Gasteiger partial charge in [0.2, 0.25) is 0 Å². The van der Waals surface area contributed by atoms with Gasteiger partial charge in [-0.3, -0.25) is 0 Å². The molecule has 1 heterocycles. The zero-order chi connectivity index (χ0) is 15.1. The molecule has 1 aromatic heterocycles. The quantitative estimate of drug-likeness (QED) is 0.769. The van der Waals surface area contributed by atoms with E-state index in [1.54, 1.807) is 24.3 Å². The zero-order valence-electron chi connectivity index (χ0n) is 10.8. The number of rotatable bonds is 5. The number of carbonyl (C=O) groups excluding carboxylic acids is 1. The first-order valence-corrected chi connectivity index (χ1v) is 5.92. The van der Waals surface area contributed by atoms with E-state index in [2.05, 4.69) is 20.6 Å². The number of para-hydroxylation sites is 2. The number of nitrogens with zero attached hydrogens (tertiary/aromatic N) is 2. The number of ether oxygens (including phenoxy) is 1. The van der Waals surface area contributed by atoms with E-state index in [-0.39, 0.29) is 5.75 Å². The van der Waals surface area contributed by atoms with Crippen LogP contribution in [0.2, 0.25) is 0 Å². The van der Waals surface area contributed by atoms with E-state index in [0.717, 1.165) is 0 Å². The number of carboxylic acids is 1. The summed E-state index contributed by atoms with van der Waals surface area (Å²) in [5.41, 5.74) is 0.784. The maximum Gasteiger partial charge on any atom is 0.341 e. The Morgan fingerprint density at radius 1 is 1.14 bits per heavy atom. The smallest absolute Gasteiger partial charge is 0.341 e. The molecule has 0 spiro atoms. The van der Waals surface area contributed by atoms with E-state index in [4.69, 9.17) is 9.84 Å². The second-order valence-electron chi connectivity index (χ2n) is 3.88. The van der Waals surface area contributed by atoms with Crippen molar-refractivity contribution in [1.29, 1.82) is 0 Å². The third-order valence-corrected chi connectivity index (χ3v) is 2.30. The van der Waals surface area contributed by atoms with Crippen molar-refractivity contribution in [2.75, 3.05) is 17.2 Å². The molecule has 0 radical (unpaired) electrons. The van der Waals surface area contributed by atoms with Crippen LogP contribution in [0.3, 0.4) is 0 Å². The Kier molecular flexibility index (Phi) is 4.65. The number of nitrogens with one attached hydrogen (secondary N) is 2. The van der Waals surface area contributed by atoms with Crippen molar-refractivity contribution >= 4 is 23.4 Å². The largest absolute Gasteiger partial charge is 0.480 e. The van der Waals surface area contributed by atoms with Gasteiger partial charge in [0.1, 0.15) is 12.1 Å². The highest BCUT2D eigenvalue weighted by molar-refractivity contribution is 6.00. The number of carboxylic acid groups (broad SMARTS) is 1. The minimum absolute atomic E-state index is 0.263. The molecular weight excluding hydrogens is 276 g/mol. The molecule has 21 heavy (non-hydrogen) atoms. The molecule has 2 rings (SSSR count). The van der Waals surface area contributed by atoms with Crippen LogP contribution in [0.4, 0.5) is 16.2 Å². The Morgan fingerprint density at radius 2 is 1.86 bits per heavy atom. The highest BCUT2D eigenvalue weighted by Crippen LogP contribution is 2.23. The van der Waals surface area contributed by atoms with Gasteiger partial charge in [0, 0.05) is 0 Å². The van der Waals surface area contributed by atoms with Gasteiger partial charge in [0.05, 0.1) is 23.8 Å². The molecule has 0 unspecified atom stereocenters. The summed E-state index contributed by atoms with van der Waals surface area (Å²) in [4.78, 5) is 29.9. The number of anilines is 2. The summed E-state index contributed by atoms with van der Waals surface area (Å²) in [6, 6.07) is 6.00. The van der Waals surface area contributed by atoms with Crippen molar-refractivity contribution in [2.45, 2.75) is 0 Å². The molecule has 0 aliphatic heterocycles. The number of amides is 2. The molecule has 0 bridgehead atoms. The van der Waals surface area contributed by atoms with Gasteiger partial charge in [-0.05, 0) is 12.1 Å². The minimum atomic E-state index is -1.10. The van der Waals surface area contributed by atoms with Crippen LogP contribution in [-0.4, -0.2) is 33.7 Å². The first-order valence-electron chi connectivity index (χ1n) is 5.92. The number of aliphatic carboxylic acids is 1. The van der Waals surface area contributed by atoms with E-state index >= 15 is 0 Å². The fraction of sp³-hybridized carbons (Fsp3) is 0.0769. The highest BCUT2D eigenvalue weighted by atomic mass is 16.5. The lowest BCUT2D eigenvalue weighted by molar-refractivity contribution is -0.139. The van der Waals surface area contributed by atoms with Gasteiger partial charge in [-0.1, -0.05) is 12.1 Å². The number of hydrogen-bond donors (Lipinski definition) is 3. The van der Waals surface area contributed by atoms with Crippen molar-refractivity contribution in [2.24, 2.45) is 0 Å². The molecule has 0 saturated heterocycles. The first kappa shape index (κ1) is 14.3. The third-order valence-electron chi connectivity index (χ3n) is 2.30. The van der Waals surface area contributed by atoms with Gasteiger partial charge in [-0.15, -0.1) is 0 Å². The summed E-state index contributed by atoms with van der Waals surface area (Å²) < 4.78 is 5.08. The van der Waals surface area contributed by atoms with Crippen LogP contribution in [0.1, 0.15) is 0 Å². The monoisotopic (exact) mass is 288 g/mol. The topological polar surface area (TPSA) is 113 Å². The Balaban J connectivity index is 2.01. The van der Waals surface area contributed by atoms with E-state index < -0.39 is 18.6 Å². The van der Waals surface area contributed by atoms with Gasteiger partial charge >= 0.3 is 12.0 Å². The van der Waals surface area contributed by atoms with Crippen LogP contribution in [0.15, 0.2) is 43.0 Å². The fourth-order valence-corrected chi connectivity index (χ4v) is 1.48. The first-order chi connectivity index (χ1) is 10.1. The number of carbonyl (C=O) groups is 2. The summed E-state index contributed by atoms with van der Waals surface area (Å²) in [5, 5.41) is 13.7. The summed E-state index contributed by atoms with van der Waals surface area (Å²) in [6.45, 7) is -0.493. The molecule has 2 amide bonds. The number of hydrogen-bond acceptors (Lipinski definition) is 5. The van der Waals surface area contributed by atoms with Crippen LogP contribution < -0.4 is 15.4 Å². The van der Waals surface area contributed by atoms with E-state index in [9.17, 15) is 9.59 Å². The molecule has 2 aromatic rings. The van der Waals surface area contributed by atoms with Crippen LogP contribution in [0.5, 0.6) is 5.75 Å². The molecule has 8 nitrogen and oxygen atoms in total. The summed E-state index contributed by atoms with van der Waals surface area (Å²) in [7, 11) is 0. The average molecular weight is 288 g/mol. The molecule has 3 N–H and O–H groups in total. The maximum absolute atomic E-state index is 11.8. The Labute approximate surface area is 119 Å². The van der Waals surface area contributed by atoms with Crippen molar-refractivity contribution in [3.8, 4) is 5.75 Å². The lowest BCUT2D eigenvalue weighted by Crippen LogP contribution is -2.20. The average Bonchev–Trinajstić information content (AvgIpc) is 2.47. The van der Waals surface area contributed by atoms with Crippen LogP contribution >= 0.6 is 0 Å². The van der Waals surface area contributed by atoms with Gasteiger partial charge in [-0.2, -0.15) is 0 Å². The second-order valence-corrected chi connectivity index (χ2v) is 3.88. The Bertz CT molecular complexity index is 633. The molecule has 0 aliphatic rings. The number of urea groups is 1. The molecule has 8 heteroatoms. The van der Waals surface area contributed by atoms with E-state index in [1.165, 1.54) is 18.7 Å². The number of aromatic nitrogens is 2. The normalized spacial score (nSPS) is 9.71. The van der Waals surface area contributed by atoms with Crippen molar-refractivity contribution in [3.05, 3.63) is 43.0 Å². The van der Waals surface area contributed by atoms with Gasteiger partial charge in [0.25, 0.3) is 0 Å². The second kappa shape index (κ2) is 6.85. The minimum Gasteiger partial charge on any atom is -0.480 e. The standard InChI is InChI=1S/C13H12N4O4/c18-12(19)7-21-11-4-2-1-3-10(11)17-13(20)16-9-5-14-8-15-6-9/h1-6,8H,7H2,(H,18,19)(H2,16,17,20). The van der Waals surface area contributed by atoms with Crippen molar-refractivity contribution in [3.63, 3.8) is 0 Å². The Hall–Kier alpha value is -3.16. The van der Waals surface area contributed by atoms with Gasteiger partial charge in [-0.25, -0.2) is 19.6 Å². The summed E-state index contributed by atoms with van der Waals surface area (Å²) >= 11 is 0. The molecule has 108 valence electrons. The summed E-state index contributed by atoms with van der Waals surface area (Å²) in [6.07, 6.45) is 4.23.